The molecule has 88 valence electrons. The molecule has 0 saturated carbocycles. The lowest BCUT2D eigenvalue weighted by atomic mass is 9.97. The minimum Gasteiger partial charge on any atom is -0.0843 e. The van der Waals surface area contributed by atoms with Gasteiger partial charge in [0.2, 0.25) is 0 Å². The molecule has 0 heterocycles. The van der Waals surface area contributed by atoms with Crippen LogP contribution in [-0.4, -0.2) is 0 Å². The van der Waals surface area contributed by atoms with Gasteiger partial charge in [-0.3, -0.25) is 0 Å². The Hall–Kier alpha value is -0.980. The van der Waals surface area contributed by atoms with E-state index in [1.54, 1.807) is 0 Å². The van der Waals surface area contributed by atoms with Crippen LogP contribution in [0.15, 0.2) is 36.4 Å². The molecule has 2 aromatic rings. The monoisotopic (exact) mass is 264 g/mol. The van der Waals surface area contributed by atoms with Crippen molar-refractivity contribution in [2.45, 2.75) is 20.3 Å². The second kappa shape index (κ2) is 5.12. The molecule has 0 amide bonds. The highest BCUT2D eigenvalue weighted by Crippen LogP contribution is 2.33. The van der Waals surface area contributed by atoms with Gasteiger partial charge in [-0.1, -0.05) is 47.8 Å². The van der Waals surface area contributed by atoms with Crippen molar-refractivity contribution in [3.63, 3.8) is 0 Å². The second-order valence-electron chi connectivity index (χ2n) is 4.14. The lowest BCUT2D eigenvalue weighted by Crippen LogP contribution is -1.89. The molecule has 0 N–H and O–H groups in total. The van der Waals surface area contributed by atoms with Crippen molar-refractivity contribution < 1.29 is 0 Å². The molecule has 0 spiro atoms. The van der Waals surface area contributed by atoms with Crippen LogP contribution in [0, 0.1) is 6.92 Å². The molecule has 0 aliphatic rings. The SMILES string of the molecule is CCc1ccc(Cl)cc1-c1cc(C)ccc1Cl. The standard InChI is InChI=1S/C15H14Cl2/c1-3-11-5-6-12(16)9-13(11)14-8-10(2)4-7-15(14)17/h4-9H,3H2,1-2H3. The molecular weight excluding hydrogens is 251 g/mol. The van der Waals surface area contributed by atoms with E-state index in [9.17, 15) is 0 Å². The molecule has 2 aromatic carbocycles. The van der Waals surface area contributed by atoms with Crippen molar-refractivity contribution in [3.05, 3.63) is 57.6 Å². The van der Waals surface area contributed by atoms with E-state index in [-0.39, 0.29) is 0 Å². The first kappa shape index (κ1) is 12.5. The maximum atomic E-state index is 6.27. The zero-order chi connectivity index (χ0) is 12.4. The largest absolute Gasteiger partial charge is 0.0843 e. The summed E-state index contributed by atoms with van der Waals surface area (Å²) in [5.74, 6) is 0. The maximum absolute atomic E-state index is 6.27. The fourth-order valence-electron chi connectivity index (χ4n) is 1.95. The van der Waals surface area contributed by atoms with Crippen LogP contribution in [0.2, 0.25) is 10.0 Å². The Bertz CT molecular complexity index is 545. The van der Waals surface area contributed by atoms with E-state index < -0.39 is 0 Å². The molecule has 0 saturated heterocycles. The van der Waals surface area contributed by atoms with E-state index >= 15 is 0 Å². The Labute approximate surface area is 112 Å². The van der Waals surface area contributed by atoms with E-state index in [4.69, 9.17) is 23.2 Å². The molecule has 0 radical (unpaired) electrons. The topological polar surface area (TPSA) is 0 Å². The van der Waals surface area contributed by atoms with Crippen LogP contribution in [-0.2, 0) is 6.42 Å². The fraction of sp³-hybridized carbons (Fsp3) is 0.200. The summed E-state index contributed by atoms with van der Waals surface area (Å²) in [6, 6.07) is 12.0. The normalized spacial score (nSPS) is 10.6. The first-order valence-corrected chi connectivity index (χ1v) is 6.42. The molecule has 0 aliphatic heterocycles. The summed E-state index contributed by atoms with van der Waals surface area (Å²) in [6.45, 7) is 4.20. The van der Waals surface area contributed by atoms with Crippen LogP contribution in [0.1, 0.15) is 18.1 Å². The van der Waals surface area contributed by atoms with Crippen molar-refractivity contribution >= 4 is 23.2 Å². The van der Waals surface area contributed by atoms with Gasteiger partial charge in [0, 0.05) is 15.6 Å². The Kier molecular flexibility index (Phi) is 3.76. The maximum Gasteiger partial charge on any atom is 0.0484 e. The molecule has 0 bridgehead atoms. The Balaban J connectivity index is 2.66. The number of hydrogen-bond acceptors (Lipinski definition) is 0. The molecule has 17 heavy (non-hydrogen) atoms. The van der Waals surface area contributed by atoms with Gasteiger partial charge in [-0.05, 0) is 48.7 Å². The predicted molar refractivity (Wildman–Crippen MR) is 76.0 cm³/mol. The number of rotatable bonds is 2. The van der Waals surface area contributed by atoms with Crippen molar-refractivity contribution in [2.75, 3.05) is 0 Å². The predicted octanol–water partition coefficient (Wildman–Crippen LogP) is 5.53. The Morgan fingerprint density at radius 1 is 0.941 bits per heavy atom. The molecular formula is C15H14Cl2. The van der Waals surface area contributed by atoms with E-state index in [2.05, 4.69) is 26.0 Å². The number of benzene rings is 2. The van der Waals surface area contributed by atoms with E-state index in [0.29, 0.717) is 0 Å². The first-order chi connectivity index (χ1) is 8.11. The summed E-state index contributed by atoms with van der Waals surface area (Å²) in [6.07, 6.45) is 0.969. The minimum atomic E-state index is 0.745. The molecule has 0 aliphatic carbocycles. The van der Waals surface area contributed by atoms with Gasteiger partial charge in [-0.2, -0.15) is 0 Å². The smallest absolute Gasteiger partial charge is 0.0484 e. The molecule has 2 rings (SSSR count). The van der Waals surface area contributed by atoms with Crippen LogP contribution < -0.4 is 0 Å². The summed E-state index contributed by atoms with van der Waals surface area (Å²) in [7, 11) is 0. The van der Waals surface area contributed by atoms with Gasteiger partial charge in [0.1, 0.15) is 0 Å². The van der Waals surface area contributed by atoms with Gasteiger partial charge in [0.05, 0.1) is 0 Å². The van der Waals surface area contributed by atoms with Crippen LogP contribution in [0.5, 0.6) is 0 Å². The van der Waals surface area contributed by atoms with E-state index in [1.807, 2.05) is 24.3 Å². The quantitative estimate of drug-likeness (QED) is 0.669. The van der Waals surface area contributed by atoms with E-state index in [0.717, 1.165) is 27.6 Å². The third-order valence-electron chi connectivity index (χ3n) is 2.86. The van der Waals surface area contributed by atoms with Crippen LogP contribution in [0.3, 0.4) is 0 Å². The average Bonchev–Trinajstić information content (AvgIpc) is 2.32. The first-order valence-electron chi connectivity index (χ1n) is 5.66. The van der Waals surface area contributed by atoms with Gasteiger partial charge in [-0.15, -0.1) is 0 Å². The van der Waals surface area contributed by atoms with Gasteiger partial charge in [0.25, 0.3) is 0 Å². The summed E-state index contributed by atoms with van der Waals surface area (Å²) < 4.78 is 0. The Morgan fingerprint density at radius 3 is 2.41 bits per heavy atom. The Morgan fingerprint density at radius 2 is 1.71 bits per heavy atom. The van der Waals surface area contributed by atoms with Gasteiger partial charge in [-0.25, -0.2) is 0 Å². The highest BCUT2D eigenvalue weighted by molar-refractivity contribution is 6.34. The summed E-state index contributed by atoms with van der Waals surface area (Å²) in [4.78, 5) is 0. The summed E-state index contributed by atoms with van der Waals surface area (Å²) in [5.41, 5.74) is 4.66. The van der Waals surface area contributed by atoms with Gasteiger partial charge in [0.15, 0.2) is 0 Å². The van der Waals surface area contributed by atoms with Crippen molar-refractivity contribution in [2.24, 2.45) is 0 Å². The number of halogens is 2. The molecule has 0 unspecified atom stereocenters. The van der Waals surface area contributed by atoms with E-state index in [1.165, 1.54) is 11.1 Å². The highest BCUT2D eigenvalue weighted by atomic mass is 35.5. The molecule has 0 aromatic heterocycles. The third kappa shape index (κ3) is 2.65. The molecule has 0 nitrogen and oxygen atoms in total. The molecule has 0 fully saturated rings. The average molecular weight is 265 g/mol. The molecule has 2 heteroatoms. The van der Waals surface area contributed by atoms with Crippen molar-refractivity contribution in [1.29, 1.82) is 0 Å². The lowest BCUT2D eigenvalue weighted by molar-refractivity contribution is 1.14. The number of hydrogen-bond donors (Lipinski definition) is 0. The van der Waals surface area contributed by atoms with Crippen LogP contribution in [0.4, 0.5) is 0 Å². The van der Waals surface area contributed by atoms with Gasteiger partial charge >= 0.3 is 0 Å². The minimum absolute atomic E-state index is 0.745. The lowest BCUT2D eigenvalue weighted by Gasteiger charge is -2.11. The van der Waals surface area contributed by atoms with Crippen molar-refractivity contribution in [1.82, 2.24) is 0 Å². The van der Waals surface area contributed by atoms with Crippen LogP contribution in [0.25, 0.3) is 11.1 Å². The second-order valence-corrected chi connectivity index (χ2v) is 4.98. The molecule has 0 atom stereocenters. The zero-order valence-electron chi connectivity index (χ0n) is 9.93. The zero-order valence-corrected chi connectivity index (χ0v) is 11.4. The fourth-order valence-corrected chi connectivity index (χ4v) is 2.34. The number of aryl methyl sites for hydroxylation is 2. The van der Waals surface area contributed by atoms with Gasteiger partial charge < -0.3 is 0 Å². The summed E-state index contributed by atoms with van der Waals surface area (Å²) >= 11 is 12.3. The highest BCUT2D eigenvalue weighted by Gasteiger charge is 2.08. The van der Waals surface area contributed by atoms with Crippen molar-refractivity contribution in [3.8, 4) is 11.1 Å². The third-order valence-corrected chi connectivity index (χ3v) is 3.43. The summed E-state index contributed by atoms with van der Waals surface area (Å²) in [5, 5.41) is 1.52. The van der Waals surface area contributed by atoms with Crippen LogP contribution >= 0.6 is 23.2 Å².